The molecule has 0 aliphatic heterocycles. The van der Waals surface area contributed by atoms with Gasteiger partial charge in [0.1, 0.15) is 11.5 Å². The maximum Gasteiger partial charge on any atom is 0.416 e. The van der Waals surface area contributed by atoms with Gasteiger partial charge in [0, 0.05) is 10.8 Å². The molecule has 0 aliphatic rings. The molecule has 0 atom stereocenters. The minimum absolute atomic E-state index is 0.0393. The lowest BCUT2D eigenvalue weighted by Crippen LogP contribution is -2.05. The first-order valence-corrected chi connectivity index (χ1v) is 7.56. The Morgan fingerprint density at radius 2 is 1.48 bits per heavy atom. The van der Waals surface area contributed by atoms with Gasteiger partial charge in [-0.25, -0.2) is 9.59 Å². The van der Waals surface area contributed by atoms with Crippen LogP contribution in [0.15, 0.2) is 54.6 Å². The van der Waals surface area contributed by atoms with E-state index >= 15 is 0 Å². The van der Waals surface area contributed by atoms with Crippen LogP contribution in [0.4, 0.5) is 13.2 Å². The first kappa shape index (κ1) is 18.2. The molecule has 3 aromatic carbocycles. The number of hydrogen-bond acceptors (Lipinski definition) is 3. The van der Waals surface area contributed by atoms with Crippen molar-refractivity contribution in [3.8, 4) is 11.5 Å². The van der Waals surface area contributed by atoms with Crippen molar-refractivity contribution in [2.45, 2.75) is 6.18 Å². The molecule has 0 heterocycles. The van der Waals surface area contributed by atoms with Gasteiger partial charge >= 0.3 is 18.1 Å². The number of carbonyl (C=O) groups is 2. The molecule has 5 nitrogen and oxygen atoms in total. The van der Waals surface area contributed by atoms with Gasteiger partial charge in [0.25, 0.3) is 0 Å². The number of aromatic carboxylic acids is 2. The maximum absolute atomic E-state index is 12.9. The predicted molar refractivity (Wildman–Crippen MR) is 89.4 cm³/mol. The third-order valence-corrected chi connectivity index (χ3v) is 3.85. The number of benzene rings is 3. The smallest absolute Gasteiger partial charge is 0.416 e. The molecule has 3 rings (SSSR count). The quantitative estimate of drug-likeness (QED) is 0.666. The number of ether oxygens (including phenoxy) is 1. The average molecular weight is 376 g/mol. The van der Waals surface area contributed by atoms with Gasteiger partial charge in [0.2, 0.25) is 0 Å². The zero-order chi connectivity index (χ0) is 19.8. The zero-order valence-corrected chi connectivity index (χ0v) is 13.4. The van der Waals surface area contributed by atoms with Gasteiger partial charge in [0.15, 0.2) is 0 Å². The van der Waals surface area contributed by atoms with Crippen LogP contribution in [0, 0.1) is 0 Å². The van der Waals surface area contributed by atoms with Crippen LogP contribution in [-0.4, -0.2) is 22.2 Å². The number of hydrogen-bond donors (Lipinski definition) is 2. The number of carboxylic acid groups (broad SMARTS) is 2. The molecule has 138 valence electrons. The topological polar surface area (TPSA) is 83.8 Å². The van der Waals surface area contributed by atoms with Crippen molar-refractivity contribution < 1.29 is 37.7 Å². The van der Waals surface area contributed by atoms with E-state index in [1.54, 1.807) is 0 Å². The molecule has 0 fully saturated rings. The molecular formula is C19H11F3O5. The molecule has 8 heteroatoms. The van der Waals surface area contributed by atoms with Gasteiger partial charge in [-0.3, -0.25) is 0 Å². The van der Waals surface area contributed by atoms with Gasteiger partial charge in [-0.15, -0.1) is 0 Å². The van der Waals surface area contributed by atoms with Crippen molar-refractivity contribution in [2.24, 2.45) is 0 Å². The van der Waals surface area contributed by atoms with Gasteiger partial charge in [-0.05, 0) is 36.4 Å². The fourth-order valence-corrected chi connectivity index (χ4v) is 2.69. The maximum atomic E-state index is 12.9. The first-order valence-electron chi connectivity index (χ1n) is 7.56. The molecule has 0 amide bonds. The zero-order valence-electron chi connectivity index (χ0n) is 13.4. The van der Waals surface area contributed by atoms with Crippen molar-refractivity contribution in [3.05, 3.63) is 71.3 Å². The second kappa shape index (κ2) is 6.64. The Hall–Kier alpha value is -3.55. The summed E-state index contributed by atoms with van der Waals surface area (Å²) in [4.78, 5) is 22.9. The third kappa shape index (κ3) is 3.55. The Bertz CT molecular complexity index is 1040. The van der Waals surface area contributed by atoms with E-state index in [1.807, 2.05) is 0 Å². The van der Waals surface area contributed by atoms with E-state index in [1.165, 1.54) is 36.4 Å². The van der Waals surface area contributed by atoms with Crippen molar-refractivity contribution in [3.63, 3.8) is 0 Å². The van der Waals surface area contributed by atoms with E-state index in [2.05, 4.69) is 0 Å². The van der Waals surface area contributed by atoms with E-state index in [0.29, 0.717) is 0 Å². The molecule has 27 heavy (non-hydrogen) atoms. The highest BCUT2D eigenvalue weighted by atomic mass is 19.4. The van der Waals surface area contributed by atoms with Gasteiger partial charge in [0.05, 0.1) is 16.7 Å². The molecule has 0 aliphatic carbocycles. The van der Waals surface area contributed by atoms with Gasteiger partial charge < -0.3 is 14.9 Å². The van der Waals surface area contributed by atoms with Crippen molar-refractivity contribution in [1.29, 1.82) is 0 Å². The number of fused-ring (bicyclic) bond motifs is 1. The minimum atomic E-state index is -4.55. The van der Waals surface area contributed by atoms with E-state index in [9.17, 15) is 33.0 Å². The summed E-state index contributed by atoms with van der Waals surface area (Å²) in [6.45, 7) is 0. The molecular weight excluding hydrogens is 365 g/mol. The van der Waals surface area contributed by atoms with Crippen LogP contribution in [-0.2, 0) is 6.18 Å². The molecule has 2 N–H and O–H groups in total. The Kier molecular flexibility index (Phi) is 4.49. The Morgan fingerprint density at radius 3 is 2.11 bits per heavy atom. The summed E-state index contributed by atoms with van der Waals surface area (Å²) in [6.07, 6.45) is -4.55. The van der Waals surface area contributed by atoms with Gasteiger partial charge in [-0.1, -0.05) is 18.2 Å². The van der Waals surface area contributed by atoms with Crippen molar-refractivity contribution >= 4 is 22.7 Å². The molecule has 0 saturated carbocycles. The van der Waals surface area contributed by atoms with Crippen LogP contribution < -0.4 is 4.74 Å². The lowest BCUT2D eigenvalue weighted by atomic mass is 9.98. The van der Waals surface area contributed by atoms with Crippen LogP contribution in [0.1, 0.15) is 26.3 Å². The Balaban J connectivity index is 2.17. The van der Waals surface area contributed by atoms with Crippen molar-refractivity contribution in [1.82, 2.24) is 0 Å². The summed E-state index contributed by atoms with van der Waals surface area (Å²) in [6, 6.07) is 10.7. The molecule has 0 spiro atoms. The Morgan fingerprint density at radius 1 is 0.852 bits per heavy atom. The van der Waals surface area contributed by atoms with E-state index in [-0.39, 0.29) is 33.4 Å². The molecule has 0 unspecified atom stereocenters. The van der Waals surface area contributed by atoms with Crippen LogP contribution in [0.25, 0.3) is 10.8 Å². The highest BCUT2D eigenvalue weighted by molar-refractivity contribution is 6.14. The molecule has 0 bridgehead atoms. The van der Waals surface area contributed by atoms with E-state index < -0.39 is 23.7 Å². The second-order valence-corrected chi connectivity index (χ2v) is 5.58. The Labute approximate surface area is 150 Å². The molecule has 0 saturated heterocycles. The predicted octanol–water partition coefficient (Wildman–Crippen LogP) is 5.05. The normalized spacial score (nSPS) is 11.4. The number of rotatable bonds is 4. The van der Waals surface area contributed by atoms with Crippen molar-refractivity contribution in [2.75, 3.05) is 0 Å². The molecule has 0 radical (unpaired) electrons. The summed E-state index contributed by atoms with van der Waals surface area (Å²) < 4.78 is 44.1. The van der Waals surface area contributed by atoms with Crippen LogP contribution in [0.5, 0.6) is 11.5 Å². The largest absolute Gasteiger partial charge is 0.478 e. The summed E-state index contributed by atoms with van der Waals surface area (Å²) in [5.74, 6) is -2.74. The minimum Gasteiger partial charge on any atom is -0.478 e. The van der Waals surface area contributed by atoms with Crippen LogP contribution >= 0.6 is 0 Å². The summed E-state index contributed by atoms with van der Waals surface area (Å²) in [7, 11) is 0. The van der Waals surface area contributed by atoms with Crippen LogP contribution in [0.2, 0.25) is 0 Å². The van der Waals surface area contributed by atoms with Gasteiger partial charge in [-0.2, -0.15) is 13.2 Å². The fourth-order valence-electron chi connectivity index (χ4n) is 2.69. The fraction of sp³-hybridized carbons (Fsp3) is 0.0526. The summed E-state index contributed by atoms with van der Waals surface area (Å²) in [5, 5.41) is 18.8. The van der Waals surface area contributed by atoms with Crippen LogP contribution in [0.3, 0.4) is 0 Å². The summed E-state index contributed by atoms with van der Waals surface area (Å²) in [5.41, 5.74) is -1.41. The average Bonchev–Trinajstić information content (AvgIpc) is 2.60. The second-order valence-electron chi connectivity index (χ2n) is 5.58. The molecule has 0 aromatic heterocycles. The number of alkyl halides is 3. The third-order valence-electron chi connectivity index (χ3n) is 3.85. The standard InChI is InChI=1S/C19H11F3O5/c20-19(21,22)10-3-1-4-11(9-10)27-15-8-7-14(18(25)26)16-12(15)5-2-6-13(16)17(23)24/h1-9H,(H,23,24)(H,25,26). The summed E-state index contributed by atoms with van der Waals surface area (Å²) >= 11 is 0. The lowest BCUT2D eigenvalue weighted by Gasteiger charge is -2.14. The number of halogens is 3. The molecule has 3 aromatic rings. The highest BCUT2D eigenvalue weighted by Gasteiger charge is 2.30. The highest BCUT2D eigenvalue weighted by Crippen LogP contribution is 2.36. The van der Waals surface area contributed by atoms with E-state index in [0.717, 1.165) is 18.2 Å². The number of carboxylic acids is 2. The SMILES string of the molecule is O=C(O)c1cccc2c(Oc3cccc(C(F)(F)F)c3)ccc(C(=O)O)c12. The monoisotopic (exact) mass is 376 g/mol. The first-order chi connectivity index (χ1) is 12.7. The van der Waals surface area contributed by atoms with E-state index in [4.69, 9.17) is 4.74 Å². The lowest BCUT2D eigenvalue weighted by molar-refractivity contribution is -0.137.